The summed E-state index contributed by atoms with van der Waals surface area (Å²) in [4.78, 5) is 32.2. The van der Waals surface area contributed by atoms with Crippen molar-refractivity contribution < 1.29 is 22.7 Å². The number of hydrogen-bond donors (Lipinski definition) is 1. The molecule has 1 aromatic heterocycles. The van der Waals surface area contributed by atoms with E-state index in [4.69, 9.17) is 5.14 Å². The summed E-state index contributed by atoms with van der Waals surface area (Å²) >= 11 is 0. The van der Waals surface area contributed by atoms with E-state index in [-0.39, 0.29) is 24.5 Å². The summed E-state index contributed by atoms with van der Waals surface area (Å²) in [5, 5.41) is 4.01. The number of aromatic nitrogens is 2. The quantitative estimate of drug-likeness (QED) is 0.683. The third-order valence-electron chi connectivity index (χ3n) is 2.87. The Labute approximate surface area is 114 Å². The molecule has 2 rings (SSSR count). The van der Waals surface area contributed by atoms with Crippen LogP contribution in [0.15, 0.2) is 12.4 Å². The van der Waals surface area contributed by atoms with Crippen molar-refractivity contribution in [3.8, 4) is 0 Å². The molecule has 1 fully saturated rings. The van der Waals surface area contributed by atoms with Gasteiger partial charge in [-0.15, -0.1) is 0 Å². The highest BCUT2D eigenvalue weighted by molar-refractivity contribution is 7.89. The number of primary sulfonamides is 1. The van der Waals surface area contributed by atoms with E-state index >= 15 is 0 Å². The van der Waals surface area contributed by atoms with E-state index in [0.717, 1.165) is 4.90 Å². The van der Waals surface area contributed by atoms with Gasteiger partial charge in [0.15, 0.2) is 11.5 Å². The van der Waals surface area contributed by atoms with E-state index in [1.807, 2.05) is 0 Å². The van der Waals surface area contributed by atoms with Crippen molar-refractivity contribution in [2.75, 3.05) is 18.6 Å². The number of hydrogen-bond acceptors (Lipinski definition) is 7. The Balaban J connectivity index is 2.38. The summed E-state index contributed by atoms with van der Waals surface area (Å²) in [6.07, 6.45) is 2.31. The SMILES string of the molecule is COC(=O)c1nccnc1N1CC(S(N)(=O)=O)CC1=O. The maximum absolute atomic E-state index is 11.9. The van der Waals surface area contributed by atoms with E-state index in [2.05, 4.69) is 14.7 Å². The van der Waals surface area contributed by atoms with Gasteiger partial charge in [-0.05, 0) is 0 Å². The average molecular weight is 300 g/mol. The smallest absolute Gasteiger partial charge is 0.360 e. The number of ether oxygens (including phenoxy) is 1. The molecule has 0 bridgehead atoms. The Bertz CT molecular complexity index is 659. The van der Waals surface area contributed by atoms with E-state index in [9.17, 15) is 18.0 Å². The zero-order valence-corrected chi connectivity index (χ0v) is 11.3. The van der Waals surface area contributed by atoms with Crippen LogP contribution in [-0.4, -0.2) is 49.2 Å². The monoisotopic (exact) mass is 300 g/mol. The fourth-order valence-electron chi connectivity index (χ4n) is 1.87. The second kappa shape index (κ2) is 5.13. The maximum atomic E-state index is 11.9. The fraction of sp³-hybridized carbons (Fsp3) is 0.400. The second-order valence-corrected chi connectivity index (χ2v) is 5.98. The molecular weight excluding hydrogens is 288 g/mol. The summed E-state index contributed by atoms with van der Waals surface area (Å²) < 4.78 is 27.1. The van der Waals surface area contributed by atoms with Gasteiger partial charge in [0.1, 0.15) is 5.25 Å². The Morgan fingerprint density at radius 3 is 2.65 bits per heavy atom. The fourth-order valence-corrected chi connectivity index (χ4v) is 2.60. The molecule has 0 spiro atoms. The van der Waals surface area contributed by atoms with Gasteiger partial charge < -0.3 is 4.74 Å². The Hall–Kier alpha value is -2.07. The molecule has 0 aromatic carbocycles. The number of methoxy groups -OCH3 is 1. The molecule has 108 valence electrons. The number of nitrogens with zero attached hydrogens (tertiary/aromatic N) is 3. The van der Waals surface area contributed by atoms with E-state index in [1.165, 1.54) is 19.5 Å². The predicted molar refractivity (Wildman–Crippen MR) is 67.2 cm³/mol. The van der Waals surface area contributed by atoms with Crippen LogP contribution in [0.5, 0.6) is 0 Å². The highest BCUT2D eigenvalue weighted by Crippen LogP contribution is 2.24. The molecule has 2 heterocycles. The van der Waals surface area contributed by atoms with Gasteiger partial charge in [0.25, 0.3) is 0 Å². The minimum atomic E-state index is -3.84. The van der Waals surface area contributed by atoms with Gasteiger partial charge in [-0.25, -0.2) is 28.3 Å². The first-order chi connectivity index (χ1) is 9.34. The number of rotatable bonds is 3. The van der Waals surface area contributed by atoms with Gasteiger partial charge >= 0.3 is 5.97 Å². The molecule has 1 amide bonds. The third kappa shape index (κ3) is 2.60. The molecule has 1 aliphatic rings. The number of carbonyl (C=O) groups is 2. The molecule has 10 heteroatoms. The molecule has 0 radical (unpaired) electrons. The Kier molecular flexibility index (Phi) is 3.68. The van der Waals surface area contributed by atoms with Crippen molar-refractivity contribution in [3.05, 3.63) is 18.1 Å². The number of nitrogens with two attached hydrogens (primary N) is 1. The molecule has 1 aliphatic heterocycles. The van der Waals surface area contributed by atoms with Crippen molar-refractivity contribution in [1.82, 2.24) is 9.97 Å². The molecule has 1 atom stereocenters. The number of anilines is 1. The topological polar surface area (TPSA) is 133 Å². The van der Waals surface area contributed by atoms with Crippen molar-refractivity contribution in [3.63, 3.8) is 0 Å². The molecule has 2 N–H and O–H groups in total. The molecule has 0 saturated carbocycles. The zero-order chi connectivity index (χ0) is 14.9. The van der Waals surface area contributed by atoms with Crippen LogP contribution in [0.1, 0.15) is 16.9 Å². The molecule has 1 unspecified atom stereocenters. The highest BCUT2D eigenvalue weighted by Gasteiger charge is 2.39. The van der Waals surface area contributed by atoms with Gasteiger partial charge in [-0.3, -0.25) is 9.69 Å². The minimum Gasteiger partial charge on any atom is -0.464 e. The highest BCUT2D eigenvalue weighted by atomic mass is 32.2. The van der Waals surface area contributed by atoms with Crippen LogP contribution in [0.25, 0.3) is 0 Å². The lowest BCUT2D eigenvalue weighted by molar-refractivity contribution is -0.117. The van der Waals surface area contributed by atoms with Crippen LogP contribution in [0, 0.1) is 0 Å². The van der Waals surface area contributed by atoms with Gasteiger partial charge in [0.05, 0.1) is 7.11 Å². The summed E-state index contributed by atoms with van der Waals surface area (Å²) in [5.41, 5.74) is -0.154. The first-order valence-electron chi connectivity index (χ1n) is 5.56. The second-order valence-electron chi connectivity index (χ2n) is 4.14. The zero-order valence-electron chi connectivity index (χ0n) is 10.5. The standard InChI is InChI=1S/C10H12N4O5S/c1-19-10(16)8-9(13-3-2-12-8)14-5-6(4-7(14)15)20(11,17)18/h2-3,6H,4-5H2,1H3,(H2,11,17,18). The van der Waals surface area contributed by atoms with E-state index in [0.29, 0.717) is 0 Å². The molecule has 1 saturated heterocycles. The van der Waals surface area contributed by atoms with Crippen molar-refractivity contribution in [2.45, 2.75) is 11.7 Å². The molecular formula is C10H12N4O5S. The van der Waals surface area contributed by atoms with Gasteiger partial charge in [0.2, 0.25) is 15.9 Å². The first kappa shape index (κ1) is 14.3. The maximum Gasteiger partial charge on any atom is 0.360 e. The number of esters is 1. The van der Waals surface area contributed by atoms with Gasteiger partial charge in [0, 0.05) is 25.4 Å². The number of sulfonamides is 1. The van der Waals surface area contributed by atoms with Gasteiger partial charge in [-0.2, -0.15) is 0 Å². The Morgan fingerprint density at radius 2 is 2.10 bits per heavy atom. The van der Waals surface area contributed by atoms with Crippen LogP contribution in [-0.2, 0) is 19.6 Å². The summed E-state index contributed by atoms with van der Waals surface area (Å²) in [6, 6.07) is 0. The number of carbonyl (C=O) groups excluding carboxylic acids is 2. The van der Waals surface area contributed by atoms with Gasteiger partial charge in [-0.1, -0.05) is 0 Å². The molecule has 9 nitrogen and oxygen atoms in total. The lowest BCUT2D eigenvalue weighted by Gasteiger charge is -2.16. The van der Waals surface area contributed by atoms with Crippen molar-refractivity contribution in [1.29, 1.82) is 0 Å². The Morgan fingerprint density at radius 1 is 1.45 bits per heavy atom. The van der Waals surface area contributed by atoms with Crippen LogP contribution >= 0.6 is 0 Å². The largest absolute Gasteiger partial charge is 0.464 e. The van der Waals surface area contributed by atoms with Crippen LogP contribution in [0.3, 0.4) is 0 Å². The molecule has 20 heavy (non-hydrogen) atoms. The van der Waals surface area contributed by atoms with Crippen LogP contribution in [0.4, 0.5) is 5.82 Å². The molecule has 0 aliphatic carbocycles. The van der Waals surface area contributed by atoms with E-state index in [1.54, 1.807) is 0 Å². The van der Waals surface area contributed by atoms with E-state index < -0.39 is 27.1 Å². The third-order valence-corrected chi connectivity index (χ3v) is 4.11. The number of amides is 1. The average Bonchev–Trinajstić information content (AvgIpc) is 2.80. The summed E-state index contributed by atoms with van der Waals surface area (Å²) in [5.74, 6) is -1.29. The van der Waals surface area contributed by atoms with Crippen molar-refractivity contribution in [2.24, 2.45) is 5.14 Å². The minimum absolute atomic E-state index is 0.0319. The lowest BCUT2D eigenvalue weighted by Crippen LogP contribution is -2.33. The summed E-state index contributed by atoms with van der Waals surface area (Å²) in [7, 11) is -2.68. The predicted octanol–water partition coefficient (Wildman–Crippen LogP) is -1.34. The van der Waals surface area contributed by atoms with Crippen LogP contribution in [0.2, 0.25) is 0 Å². The normalized spacial score (nSPS) is 19.2. The molecule has 1 aromatic rings. The summed E-state index contributed by atoms with van der Waals surface area (Å²) in [6.45, 7) is -0.166. The van der Waals surface area contributed by atoms with Crippen LogP contribution < -0.4 is 10.0 Å². The van der Waals surface area contributed by atoms with Crippen molar-refractivity contribution >= 4 is 27.7 Å². The first-order valence-corrected chi connectivity index (χ1v) is 7.17. The lowest BCUT2D eigenvalue weighted by atomic mass is 10.3.